The number of hydrogen-bond acceptors (Lipinski definition) is 2. The summed E-state index contributed by atoms with van der Waals surface area (Å²) in [6, 6.07) is 2.03. The lowest BCUT2D eigenvalue weighted by atomic mass is 9.97. The molecule has 0 spiro atoms. The molecule has 0 aromatic heterocycles. The van der Waals surface area contributed by atoms with Crippen LogP contribution in [0.5, 0.6) is 0 Å². The van der Waals surface area contributed by atoms with E-state index in [2.05, 4.69) is 0 Å². The molecule has 18 heavy (non-hydrogen) atoms. The van der Waals surface area contributed by atoms with Gasteiger partial charge in [0.2, 0.25) is 0 Å². The molecule has 2 nitrogen and oxygen atoms in total. The molecule has 0 aliphatic rings. The van der Waals surface area contributed by atoms with Crippen molar-refractivity contribution in [3.05, 3.63) is 34.9 Å². The molecule has 0 unspecified atom stereocenters. The highest BCUT2D eigenvalue weighted by Gasteiger charge is 2.22. The number of aliphatic hydroxyl groups excluding tert-OH is 1. The van der Waals surface area contributed by atoms with E-state index < -0.39 is 23.8 Å². The first-order valence-electron chi connectivity index (χ1n) is 5.87. The fourth-order valence-corrected chi connectivity index (χ4v) is 1.72. The zero-order chi connectivity index (χ0) is 13.0. The van der Waals surface area contributed by atoms with Crippen LogP contribution < -0.4 is 5.73 Å². The summed E-state index contributed by atoms with van der Waals surface area (Å²) in [4.78, 5) is 0. The molecule has 0 saturated carbocycles. The molecule has 0 amide bonds. The topological polar surface area (TPSA) is 46.2 Å². The highest BCUT2D eigenvalue weighted by molar-refractivity contribution is 5.85. The van der Waals surface area contributed by atoms with E-state index >= 15 is 0 Å². The number of halogens is 3. The Labute approximate surface area is 113 Å². The van der Waals surface area contributed by atoms with Gasteiger partial charge in [-0.15, -0.1) is 12.4 Å². The van der Waals surface area contributed by atoms with E-state index in [1.165, 1.54) is 19.1 Å². The van der Waals surface area contributed by atoms with Gasteiger partial charge < -0.3 is 10.8 Å². The molecule has 3 N–H and O–H groups in total. The summed E-state index contributed by atoms with van der Waals surface area (Å²) < 4.78 is 27.0. The zero-order valence-corrected chi connectivity index (χ0v) is 11.4. The van der Waals surface area contributed by atoms with Gasteiger partial charge in [0.1, 0.15) is 0 Å². The summed E-state index contributed by atoms with van der Waals surface area (Å²) in [6.07, 6.45) is 1.39. The fraction of sp³-hybridized carbons (Fsp3) is 0.538. The first kappa shape index (κ1) is 17.3. The van der Waals surface area contributed by atoms with Crippen molar-refractivity contribution in [3.63, 3.8) is 0 Å². The molecule has 0 radical (unpaired) electrons. The van der Waals surface area contributed by atoms with Crippen LogP contribution in [0.4, 0.5) is 8.78 Å². The Bertz CT molecular complexity index is 387. The van der Waals surface area contributed by atoms with E-state index in [4.69, 9.17) is 5.73 Å². The summed E-state index contributed by atoms with van der Waals surface area (Å²) >= 11 is 0. The van der Waals surface area contributed by atoms with Gasteiger partial charge in [-0.2, -0.15) is 0 Å². The summed E-state index contributed by atoms with van der Waals surface area (Å²) in [7, 11) is 0. The zero-order valence-electron chi connectivity index (χ0n) is 10.6. The Kier molecular flexibility index (Phi) is 7.36. The van der Waals surface area contributed by atoms with Gasteiger partial charge in [0.15, 0.2) is 11.6 Å². The maximum Gasteiger partial charge on any atom is 0.163 e. The number of aryl methyl sites for hydroxylation is 1. The van der Waals surface area contributed by atoms with Crippen LogP contribution in [0, 0.1) is 18.6 Å². The highest BCUT2D eigenvalue weighted by Crippen LogP contribution is 2.24. The highest BCUT2D eigenvalue weighted by atomic mass is 35.5. The van der Waals surface area contributed by atoms with Crippen LogP contribution in [-0.2, 0) is 0 Å². The number of aliphatic hydroxyl groups is 1. The Morgan fingerprint density at radius 1 is 1.28 bits per heavy atom. The minimum atomic E-state index is -0.951. The Morgan fingerprint density at radius 2 is 1.89 bits per heavy atom. The number of hydrogen-bond donors (Lipinski definition) is 2. The van der Waals surface area contributed by atoms with Crippen LogP contribution >= 0.6 is 12.4 Å². The van der Waals surface area contributed by atoms with E-state index in [9.17, 15) is 13.9 Å². The fourth-order valence-electron chi connectivity index (χ4n) is 1.72. The minimum absolute atomic E-state index is 0. The second-order valence-electron chi connectivity index (χ2n) is 4.34. The summed E-state index contributed by atoms with van der Waals surface area (Å²) in [5.41, 5.74) is 6.02. The van der Waals surface area contributed by atoms with E-state index in [-0.39, 0.29) is 23.5 Å². The third-order valence-corrected chi connectivity index (χ3v) is 2.93. The van der Waals surface area contributed by atoms with Crippen LogP contribution in [0.3, 0.4) is 0 Å². The van der Waals surface area contributed by atoms with Gasteiger partial charge in [0.25, 0.3) is 0 Å². The molecule has 0 aliphatic carbocycles. The predicted molar refractivity (Wildman–Crippen MR) is 70.8 cm³/mol. The van der Waals surface area contributed by atoms with E-state index in [0.29, 0.717) is 6.42 Å². The summed E-state index contributed by atoms with van der Waals surface area (Å²) in [5, 5.41) is 9.77. The van der Waals surface area contributed by atoms with Gasteiger partial charge in [-0.25, -0.2) is 8.78 Å². The Morgan fingerprint density at radius 3 is 2.44 bits per heavy atom. The summed E-state index contributed by atoms with van der Waals surface area (Å²) in [5.74, 6) is -1.84. The van der Waals surface area contributed by atoms with Gasteiger partial charge >= 0.3 is 0 Å². The molecular formula is C13H20ClF2NO. The molecule has 0 fully saturated rings. The van der Waals surface area contributed by atoms with Gasteiger partial charge in [-0.3, -0.25) is 0 Å². The number of rotatable bonds is 5. The van der Waals surface area contributed by atoms with Crippen molar-refractivity contribution in [1.82, 2.24) is 0 Å². The Balaban J connectivity index is 0.00000289. The molecule has 0 bridgehead atoms. The lowest BCUT2D eigenvalue weighted by Gasteiger charge is -2.20. The molecule has 0 saturated heterocycles. The van der Waals surface area contributed by atoms with Crippen molar-refractivity contribution in [2.45, 2.75) is 45.3 Å². The minimum Gasteiger partial charge on any atom is -0.391 e. The number of nitrogens with two attached hydrogens (primary N) is 1. The van der Waals surface area contributed by atoms with Crippen LogP contribution in [0.15, 0.2) is 12.1 Å². The van der Waals surface area contributed by atoms with E-state index in [1.807, 2.05) is 6.92 Å². The van der Waals surface area contributed by atoms with Crippen LogP contribution in [0.1, 0.15) is 43.4 Å². The average Bonchev–Trinajstić information content (AvgIpc) is 2.32. The Hall–Kier alpha value is -0.710. The molecule has 104 valence electrons. The maximum atomic E-state index is 13.6. The van der Waals surface area contributed by atoms with E-state index in [1.54, 1.807) is 0 Å². The molecule has 0 aliphatic heterocycles. The maximum absolute atomic E-state index is 13.6. The molecular weight excluding hydrogens is 260 g/mol. The molecule has 5 heteroatoms. The smallest absolute Gasteiger partial charge is 0.163 e. The molecule has 1 aromatic carbocycles. The van der Waals surface area contributed by atoms with Crippen molar-refractivity contribution in [1.29, 1.82) is 0 Å². The monoisotopic (exact) mass is 279 g/mol. The second-order valence-corrected chi connectivity index (χ2v) is 4.34. The van der Waals surface area contributed by atoms with Crippen molar-refractivity contribution < 1.29 is 13.9 Å². The van der Waals surface area contributed by atoms with Gasteiger partial charge in [0.05, 0.1) is 12.1 Å². The second kappa shape index (κ2) is 7.67. The molecule has 1 rings (SSSR count). The van der Waals surface area contributed by atoms with Crippen molar-refractivity contribution >= 4 is 12.4 Å². The SMILES string of the molecule is CCCC[C@@H](O)[C@@H](N)c1ccc(C)c(F)c1F.Cl. The molecule has 0 heterocycles. The standard InChI is InChI=1S/C13H19F2NO.ClH/c1-3-4-5-10(17)13(16)9-7-6-8(2)11(14)12(9)15;/h6-7,10,13,17H,3-5,16H2,1-2H3;1H/t10-,13+;/m1./s1. The van der Waals surface area contributed by atoms with Crippen LogP contribution in [0.25, 0.3) is 0 Å². The third-order valence-electron chi connectivity index (χ3n) is 2.93. The van der Waals surface area contributed by atoms with Crippen molar-refractivity contribution in [2.24, 2.45) is 5.73 Å². The summed E-state index contributed by atoms with van der Waals surface area (Å²) in [6.45, 7) is 3.48. The quantitative estimate of drug-likeness (QED) is 0.869. The first-order valence-corrected chi connectivity index (χ1v) is 5.87. The van der Waals surface area contributed by atoms with Crippen molar-refractivity contribution in [2.75, 3.05) is 0 Å². The predicted octanol–water partition coefficient (Wildman–Crippen LogP) is 3.25. The van der Waals surface area contributed by atoms with Gasteiger partial charge in [-0.05, 0) is 18.9 Å². The van der Waals surface area contributed by atoms with Gasteiger partial charge in [0, 0.05) is 5.56 Å². The van der Waals surface area contributed by atoms with E-state index in [0.717, 1.165) is 12.8 Å². The largest absolute Gasteiger partial charge is 0.391 e. The van der Waals surface area contributed by atoms with Crippen molar-refractivity contribution in [3.8, 4) is 0 Å². The first-order chi connectivity index (χ1) is 7.99. The van der Waals surface area contributed by atoms with Gasteiger partial charge in [-0.1, -0.05) is 31.9 Å². The molecule has 1 aromatic rings. The lowest BCUT2D eigenvalue weighted by Crippen LogP contribution is -2.27. The van der Waals surface area contributed by atoms with Crippen LogP contribution in [-0.4, -0.2) is 11.2 Å². The molecule has 2 atom stereocenters. The lowest BCUT2D eigenvalue weighted by molar-refractivity contribution is 0.130. The number of benzene rings is 1. The number of unbranched alkanes of at least 4 members (excludes halogenated alkanes) is 1. The van der Waals surface area contributed by atoms with Crippen LogP contribution in [0.2, 0.25) is 0 Å². The average molecular weight is 280 g/mol. The third kappa shape index (κ3) is 3.90. The normalized spacial score (nSPS) is 13.9.